The van der Waals surface area contributed by atoms with E-state index in [1.54, 1.807) is 7.11 Å². The molecule has 3 rings (SSSR count). The zero-order valence-corrected chi connectivity index (χ0v) is 12.6. The molecule has 4 nitrogen and oxygen atoms in total. The van der Waals surface area contributed by atoms with Crippen molar-refractivity contribution in [2.75, 3.05) is 20.3 Å². The van der Waals surface area contributed by atoms with Gasteiger partial charge in [-0.15, -0.1) is 0 Å². The van der Waals surface area contributed by atoms with Gasteiger partial charge in [0.15, 0.2) is 11.5 Å². The number of hydrogen-bond donors (Lipinski definition) is 1. The third-order valence-corrected chi connectivity index (χ3v) is 4.48. The molecule has 2 aliphatic rings. The van der Waals surface area contributed by atoms with Crippen molar-refractivity contribution < 1.29 is 14.2 Å². The Morgan fingerprint density at radius 1 is 1.26 bits per heavy atom. The lowest BCUT2D eigenvalue weighted by molar-refractivity contribution is 0.226. The maximum absolute atomic E-state index is 6.51. The molecule has 1 aromatic rings. The van der Waals surface area contributed by atoms with Crippen LogP contribution in [0.1, 0.15) is 31.2 Å². The van der Waals surface area contributed by atoms with Crippen LogP contribution in [-0.2, 0) is 5.54 Å². The van der Waals surface area contributed by atoms with E-state index in [-0.39, 0.29) is 5.54 Å². The Morgan fingerprint density at radius 2 is 2.00 bits per heavy atom. The number of benzene rings is 1. The maximum atomic E-state index is 6.51. The Hall–Kier alpha value is -0.940. The average molecular weight is 328 g/mol. The fourth-order valence-electron chi connectivity index (χ4n) is 2.72. The molecule has 5 heteroatoms. The third kappa shape index (κ3) is 2.09. The highest BCUT2D eigenvalue weighted by Gasteiger charge is 2.41. The highest BCUT2D eigenvalue weighted by Crippen LogP contribution is 2.53. The van der Waals surface area contributed by atoms with Crippen molar-refractivity contribution in [2.24, 2.45) is 5.73 Å². The van der Waals surface area contributed by atoms with E-state index in [9.17, 15) is 0 Å². The van der Waals surface area contributed by atoms with Gasteiger partial charge in [-0.3, -0.25) is 0 Å². The minimum Gasteiger partial charge on any atom is -0.495 e. The monoisotopic (exact) mass is 327 g/mol. The summed E-state index contributed by atoms with van der Waals surface area (Å²) in [6.07, 6.45) is 3.93. The van der Waals surface area contributed by atoms with Crippen molar-refractivity contribution in [1.82, 2.24) is 0 Å². The van der Waals surface area contributed by atoms with Crippen LogP contribution >= 0.6 is 15.9 Å². The number of fused-ring (bicyclic) bond motifs is 1. The van der Waals surface area contributed by atoms with Crippen molar-refractivity contribution in [3.05, 3.63) is 16.1 Å². The smallest absolute Gasteiger partial charge is 0.170 e. The molecule has 0 saturated heterocycles. The van der Waals surface area contributed by atoms with Crippen LogP contribution in [0, 0.1) is 0 Å². The first kappa shape index (κ1) is 13.1. The largest absolute Gasteiger partial charge is 0.495 e. The van der Waals surface area contributed by atoms with E-state index >= 15 is 0 Å². The summed E-state index contributed by atoms with van der Waals surface area (Å²) >= 11 is 3.54. The zero-order chi connectivity index (χ0) is 13.5. The van der Waals surface area contributed by atoms with Crippen molar-refractivity contribution in [1.29, 1.82) is 0 Å². The van der Waals surface area contributed by atoms with Gasteiger partial charge in [-0.1, -0.05) is 0 Å². The number of hydrogen-bond acceptors (Lipinski definition) is 4. The normalized spacial score (nSPS) is 20.4. The Labute approximate surface area is 121 Å². The molecule has 0 radical (unpaired) electrons. The highest BCUT2D eigenvalue weighted by molar-refractivity contribution is 9.10. The molecular formula is C14H18BrNO3. The van der Waals surface area contributed by atoms with Crippen LogP contribution in [0.4, 0.5) is 0 Å². The van der Waals surface area contributed by atoms with Crippen LogP contribution in [0.15, 0.2) is 10.5 Å². The summed E-state index contributed by atoms with van der Waals surface area (Å²) < 4.78 is 18.1. The van der Waals surface area contributed by atoms with E-state index in [0.29, 0.717) is 13.2 Å². The van der Waals surface area contributed by atoms with Crippen molar-refractivity contribution in [2.45, 2.75) is 31.2 Å². The lowest BCUT2D eigenvalue weighted by Gasteiger charge is -2.40. The number of ether oxygens (including phenoxy) is 3. The molecule has 104 valence electrons. The summed E-state index contributed by atoms with van der Waals surface area (Å²) in [6, 6.07) is 1.91. The second-order valence-electron chi connectivity index (χ2n) is 5.15. The van der Waals surface area contributed by atoms with Crippen LogP contribution < -0.4 is 19.9 Å². The summed E-state index contributed by atoms with van der Waals surface area (Å²) in [5.41, 5.74) is 7.11. The predicted octanol–water partition coefficient (Wildman–Crippen LogP) is 2.96. The van der Waals surface area contributed by atoms with Gasteiger partial charge in [0.25, 0.3) is 0 Å². The van der Waals surface area contributed by atoms with Crippen LogP contribution in [0.2, 0.25) is 0 Å². The molecule has 0 bridgehead atoms. The molecule has 1 aliphatic heterocycles. The van der Waals surface area contributed by atoms with Crippen LogP contribution in [0.3, 0.4) is 0 Å². The quantitative estimate of drug-likeness (QED) is 0.907. The zero-order valence-electron chi connectivity index (χ0n) is 11.0. The lowest BCUT2D eigenvalue weighted by atomic mass is 9.72. The minimum absolute atomic E-state index is 0.354. The van der Waals surface area contributed by atoms with Gasteiger partial charge in [0.2, 0.25) is 0 Å². The molecule has 2 N–H and O–H groups in total. The second kappa shape index (κ2) is 4.87. The van der Waals surface area contributed by atoms with Gasteiger partial charge in [0.05, 0.1) is 30.4 Å². The van der Waals surface area contributed by atoms with Crippen molar-refractivity contribution >= 4 is 15.9 Å². The Balaban J connectivity index is 2.20. The molecule has 0 spiro atoms. The molecule has 1 fully saturated rings. The van der Waals surface area contributed by atoms with E-state index < -0.39 is 0 Å². The Morgan fingerprint density at radius 3 is 2.63 bits per heavy atom. The van der Waals surface area contributed by atoms with Crippen LogP contribution in [0.25, 0.3) is 0 Å². The first-order valence-electron chi connectivity index (χ1n) is 6.61. The summed E-state index contributed by atoms with van der Waals surface area (Å²) in [7, 11) is 1.66. The maximum Gasteiger partial charge on any atom is 0.170 e. The number of methoxy groups -OCH3 is 1. The summed E-state index contributed by atoms with van der Waals surface area (Å²) in [4.78, 5) is 0. The Kier molecular flexibility index (Phi) is 3.35. The molecule has 0 unspecified atom stereocenters. The number of rotatable bonds is 2. The topological polar surface area (TPSA) is 53.7 Å². The third-order valence-electron chi connectivity index (χ3n) is 3.89. The standard InChI is InChI=1S/C14H18BrNO3/c1-17-12-9(15)8-10-13(19-7-3-6-18-10)11(12)14(16)4-2-5-14/h8H,2-7,16H2,1H3. The average Bonchev–Trinajstić information content (AvgIpc) is 2.59. The van der Waals surface area contributed by atoms with Gasteiger partial charge < -0.3 is 19.9 Å². The van der Waals surface area contributed by atoms with E-state index in [2.05, 4.69) is 15.9 Å². The van der Waals surface area contributed by atoms with Crippen LogP contribution in [0.5, 0.6) is 17.2 Å². The van der Waals surface area contributed by atoms with Gasteiger partial charge in [0.1, 0.15) is 5.75 Å². The molecule has 0 aromatic heterocycles. The van der Waals surface area contributed by atoms with E-state index in [1.165, 1.54) is 0 Å². The van der Waals surface area contributed by atoms with E-state index in [1.807, 2.05) is 6.07 Å². The number of halogens is 1. The van der Waals surface area contributed by atoms with Gasteiger partial charge in [-0.25, -0.2) is 0 Å². The molecular weight excluding hydrogens is 310 g/mol. The predicted molar refractivity (Wildman–Crippen MR) is 76.0 cm³/mol. The van der Waals surface area contributed by atoms with Crippen LogP contribution in [-0.4, -0.2) is 20.3 Å². The minimum atomic E-state index is -0.354. The van der Waals surface area contributed by atoms with E-state index in [4.69, 9.17) is 19.9 Å². The molecule has 1 aromatic carbocycles. The number of nitrogens with two attached hydrogens (primary N) is 1. The molecule has 1 heterocycles. The molecule has 19 heavy (non-hydrogen) atoms. The first-order chi connectivity index (χ1) is 9.15. The first-order valence-corrected chi connectivity index (χ1v) is 7.40. The fourth-order valence-corrected chi connectivity index (χ4v) is 3.29. The van der Waals surface area contributed by atoms with Gasteiger partial charge in [-0.2, -0.15) is 0 Å². The van der Waals surface area contributed by atoms with Crippen molar-refractivity contribution in [3.8, 4) is 17.2 Å². The summed E-state index contributed by atoms with van der Waals surface area (Å²) in [5.74, 6) is 2.29. The second-order valence-corrected chi connectivity index (χ2v) is 6.01. The van der Waals surface area contributed by atoms with Gasteiger partial charge >= 0.3 is 0 Å². The van der Waals surface area contributed by atoms with Gasteiger partial charge in [-0.05, 0) is 35.2 Å². The SMILES string of the molecule is COc1c(Br)cc2c(c1C1(N)CCC1)OCCCO2. The lowest BCUT2D eigenvalue weighted by Crippen LogP contribution is -2.44. The highest BCUT2D eigenvalue weighted by atomic mass is 79.9. The molecule has 1 aliphatic carbocycles. The molecule has 0 atom stereocenters. The Bertz CT molecular complexity index is 500. The molecule has 1 saturated carbocycles. The molecule has 0 amide bonds. The summed E-state index contributed by atoms with van der Waals surface area (Å²) in [5, 5.41) is 0. The van der Waals surface area contributed by atoms with Gasteiger partial charge in [0, 0.05) is 18.0 Å². The van der Waals surface area contributed by atoms with Crippen molar-refractivity contribution in [3.63, 3.8) is 0 Å². The summed E-state index contributed by atoms with van der Waals surface area (Å²) in [6.45, 7) is 1.32. The fraction of sp³-hybridized carbons (Fsp3) is 0.571. The van der Waals surface area contributed by atoms with E-state index in [0.717, 1.165) is 53.0 Å².